The predicted molar refractivity (Wildman–Crippen MR) is 80.2 cm³/mol. The number of rotatable bonds is 4. The van der Waals surface area contributed by atoms with Crippen LogP contribution >= 0.6 is 0 Å². The SMILES string of the molecule is CN(Cc1ncn[nH]1)S(=O)(=O)c1ccc(C(C)(C)C)cc1. The molecule has 2 rings (SSSR count). The van der Waals surface area contributed by atoms with Crippen molar-refractivity contribution < 1.29 is 8.42 Å². The summed E-state index contributed by atoms with van der Waals surface area (Å²) >= 11 is 0. The molecule has 0 aliphatic carbocycles. The highest BCUT2D eigenvalue weighted by molar-refractivity contribution is 7.89. The van der Waals surface area contributed by atoms with E-state index in [2.05, 4.69) is 36.0 Å². The lowest BCUT2D eigenvalue weighted by atomic mass is 9.87. The number of nitrogens with zero attached hydrogens (tertiary/aromatic N) is 3. The van der Waals surface area contributed by atoms with Crippen LogP contribution in [-0.2, 0) is 22.0 Å². The minimum atomic E-state index is -3.53. The first-order valence-electron chi connectivity index (χ1n) is 6.62. The number of aromatic amines is 1. The van der Waals surface area contributed by atoms with Crippen molar-refractivity contribution in [3.63, 3.8) is 0 Å². The van der Waals surface area contributed by atoms with Crippen molar-refractivity contribution in [2.45, 2.75) is 37.6 Å². The van der Waals surface area contributed by atoms with Crippen molar-refractivity contribution in [2.24, 2.45) is 0 Å². The average molecular weight is 308 g/mol. The van der Waals surface area contributed by atoms with E-state index in [-0.39, 0.29) is 16.9 Å². The Kier molecular flexibility index (Phi) is 4.15. The largest absolute Gasteiger partial charge is 0.262 e. The van der Waals surface area contributed by atoms with Crippen LogP contribution in [0.1, 0.15) is 32.2 Å². The van der Waals surface area contributed by atoms with E-state index in [1.807, 2.05) is 12.1 Å². The quantitative estimate of drug-likeness (QED) is 0.936. The number of nitrogens with one attached hydrogen (secondary N) is 1. The van der Waals surface area contributed by atoms with Gasteiger partial charge in [0, 0.05) is 7.05 Å². The minimum absolute atomic E-state index is 0.00592. The van der Waals surface area contributed by atoms with Gasteiger partial charge in [-0.1, -0.05) is 32.9 Å². The Balaban J connectivity index is 2.23. The lowest BCUT2D eigenvalue weighted by Gasteiger charge is -2.20. The summed E-state index contributed by atoms with van der Waals surface area (Å²) in [5.41, 5.74) is 1.09. The van der Waals surface area contributed by atoms with Gasteiger partial charge in [0.25, 0.3) is 0 Å². The van der Waals surface area contributed by atoms with Gasteiger partial charge in [0.05, 0.1) is 11.4 Å². The Morgan fingerprint density at radius 1 is 1.19 bits per heavy atom. The van der Waals surface area contributed by atoms with Crippen LogP contribution < -0.4 is 0 Å². The van der Waals surface area contributed by atoms with Crippen LogP contribution in [0.25, 0.3) is 0 Å². The Bertz CT molecular complexity index is 686. The number of sulfonamides is 1. The summed E-state index contributed by atoms with van der Waals surface area (Å²) in [6.45, 7) is 6.43. The van der Waals surface area contributed by atoms with E-state index in [4.69, 9.17) is 0 Å². The molecule has 0 unspecified atom stereocenters. The summed E-state index contributed by atoms with van der Waals surface area (Å²) in [5, 5.41) is 6.36. The molecule has 0 saturated carbocycles. The Morgan fingerprint density at radius 2 is 1.81 bits per heavy atom. The van der Waals surface area contributed by atoms with Crippen LogP contribution in [0.2, 0.25) is 0 Å². The molecule has 0 bridgehead atoms. The molecule has 0 spiro atoms. The fourth-order valence-corrected chi connectivity index (χ4v) is 3.04. The molecule has 6 nitrogen and oxygen atoms in total. The number of benzene rings is 1. The molecule has 0 amide bonds. The summed E-state index contributed by atoms with van der Waals surface area (Å²) in [5.74, 6) is 0.507. The number of hydrogen-bond acceptors (Lipinski definition) is 4. The summed E-state index contributed by atoms with van der Waals surface area (Å²) < 4.78 is 26.2. The second-order valence-corrected chi connectivity index (χ2v) is 8.01. The second kappa shape index (κ2) is 5.57. The molecular weight excluding hydrogens is 288 g/mol. The number of hydrogen-bond donors (Lipinski definition) is 1. The highest BCUT2D eigenvalue weighted by Crippen LogP contribution is 2.24. The smallest absolute Gasteiger partial charge is 0.243 e. The van der Waals surface area contributed by atoms with Crippen LogP contribution in [0.3, 0.4) is 0 Å². The minimum Gasteiger partial charge on any atom is -0.262 e. The van der Waals surface area contributed by atoms with E-state index in [0.717, 1.165) is 5.56 Å². The maximum Gasteiger partial charge on any atom is 0.243 e. The van der Waals surface area contributed by atoms with Crippen molar-refractivity contribution in [3.8, 4) is 0 Å². The van der Waals surface area contributed by atoms with Gasteiger partial charge in [-0.2, -0.15) is 9.40 Å². The zero-order valence-electron chi connectivity index (χ0n) is 12.7. The van der Waals surface area contributed by atoms with Crippen molar-refractivity contribution in [3.05, 3.63) is 42.0 Å². The third-order valence-corrected chi connectivity index (χ3v) is 5.08. The van der Waals surface area contributed by atoms with E-state index in [1.165, 1.54) is 17.7 Å². The van der Waals surface area contributed by atoms with Gasteiger partial charge in [0.15, 0.2) is 0 Å². The van der Waals surface area contributed by atoms with Crippen LogP contribution in [0.4, 0.5) is 0 Å². The number of H-pyrrole nitrogens is 1. The zero-order valence-corrected chi connectivity index (χ0v) is 13.5. The standard InChI is InChI=1S/C14H20N4O2S/c1-14(2,3)11-5-7-12(8-6-11)21(19,20)18(4)9-13-15-10-16-17-13/h5-8,10H,9H2,1-4H3,(H,15,16,17). The van der Waals surface area contributed by atoms with Crippen molar-refractivity contribution in [1.82, 2.24) is 19.5 Å². The molecule has 1 aromatic heterocycles. The van der Waals surface area contributed by atoms with Gasteiger partial charge in [-0.3, -0.25) is 5.10 Å². The Labute approximate surface area is 125 Å². The summed E-state index contributed by atoms with van der Waals surface area (Å²) in [6.07, 6.45) is 1.36. The molecule has 0 fully saturated rings. The molecule has 1 N–H and O–H groups in total. The van der Waals surface area contributed by atoms with E-state index >= 15 is 0 Å². The van der Waals surface area contributed by atoms with Crippen LogP contribution in [0, 0.1) is 0 Å². The third-order valence-electron chi connectivity index (χ3n) is 3.27. The van der Waals surface area contributed by atoms with Gasteiger partial charge < -0.3 is 0 Å². The van der Waals surface area contributed by atoms with Gasteiger partial charge in [0.2, 0.25) is 10.0 Å². The van der Waals surface area contributed by atoms with E-state index in [9.17, 15) is 8.42 Å². The van der Waals surface area contributed by atoms with E-state index in [1.54, 1.807) is 12.1 Å². The van der Waals surface area contributed by atoms with Crippen molar-refractivity contribution in [1.29, 1.82) is 0 Å². The molecule has 1 aromatic carbocycles. The topological polar surface area (TPSA) is 79.0 Å². The average Bonchev–Trinajstić information content (AvgIpc) is 2.90. The van der Waals surface area contributed by atoms with Crippen LogP contribution in [-0.4, -0.2) is 35.0 Å². The molecule has 0 saturated heterocycles. The second-order valence-electron chi connectivity index (χ2n) is 5.97. The highest BCUT2D eigenvalue weighted by atomic mass is 32.2. The van der Waals surface area contributed by atoms with E-state index in [0.29, 0.717) is 5.82 Å². The zero-order chi connectivity index (χ0) is 15.7. The van der Waals surface area contributed by atoms with Gasteiger partial charge in [-0.05, 0) is 23.1 Å². The molecule has 1 heterocycles. The molecule has 21 heavy (non-hydrogen) atoms. The molecule has 114 valence electrons. The summed E-state index contributed by atoms with van der Waals surface area (Å²) in [7, 11) is -2.01. The summed E-state index contributed by atoms with van der Waals surface area (Å²) in [4.78, 5) is 4.21. The molecule has 0 radical (unpaired) electrons. The first kappa shape index (κ1) is 15.7. The van der Waals surface area contributed by atoms with Gasteiger partial charge >= 0.3 is 0 Å². The van der Waals surface area contributed by atoms with Gasteiger partial charge in [-0.25, -0.2) is 13.4 Å². The lowest BCUT2D eigenvalue weighted by Crippen LogP contribution is -2.27. The number of aromatic nitrogens is 3. The molecule has 2 aromatic rings. The summed E-state index contributed by atoms with van der Waals surface area (Å²) in [6, 6.07) is 7.00. The maximum atomic E-state index is 12.5. The lowest BCUT2D eigenvalue weighted by molar-refractivity contribution is 0.457. The van der Waals surface area contributed by atoms with Crippen molar-refractivity contribution >= 4 is 10.0 Å². The van der Waals surface area contributed by atoms with Gasteiger partial charge in [-0.15, -0.1) is 0 Å². The first-order valence-corrected chi connectivity index (χ1v) is 8.06. The Morgan fingerprint density at radius 3 is 2.29 bits per heavy atom. The fraction of sp³-hybridized carbons (Fsp3) is 0.429. The molecule has 0 aliphatic rings. The Hall–Kier alpha value is -1.73. The fourth-order valence-electron chi connectivity index (χ4n) is 1.91. The van der Waals surface area contributed by atoms with Crippen LogP contribution in [0.5, 0.6) is 0 Å². The maximum absolute atomic E-state index is 12.5. The first-order chi connectivity index (χ1) is 9.71. The molecule has 7 heteroatoms. The normalized spacial score (nSPS) is 12.8. The highest BCUT2D eigenvalue weighted by Gasteiger charge is 2.22. The van der Waals surface area contributed by atoms with E-state index < -0.39 is 10.0 Å². The van der Waals surface area contributed by atoms with Crippen LogP contribution in [0.15, 0.2) is 35.5 Å². The molecule has 0 aliphatic heterocycles. The molecule has 0 atom stereocenters. The monoisotopic (exact) mass is 308 g/mol. The third kappa shape index (κ3) is 3.48. The predicted octanol–water partition coefficient (Wildman–Crippen LogP) is 1.92. The molecular formula is C14H20N4O2S. The van der Waals surface area contributed by atoms with Gasteiger partial charge in [0.1, 0.15) is 12.2 Å². The van der Waals surface area contributed by atoms with Crippen molar-refractivity contribution in [2.75, 3.05) is 7.05 Å².